The van der Waals surface area contributed by atoms with Crippen LogP contribution in [0.2, 0.25) is 0 Å². The second-order valence-electron chi connectivity index (χ2n) is 12.5. The number of aromatic nitrogens is 1. The van der Waals surface area contributed by atoms with Gasteiger partial charge in [0.2, 0.25) is 5.96 Å². The minimum Gasteiger partial charge on any atom is -0.492 e. The van der Waals surface area contributed by atoms with Crippen molar-refractivity contribution in [2.24, 2.45) is 0 Å². The number of benzene rings is 2. The van der Waals surface area contributed by atoms with E-state index < -0.39 is 6.03 Å². The SMILES string of the molecule is CC(=N)/C=C(/NC(=O)N[C@H]1CCC(Oc2ccc(=N)n(C(=N)N3CCCCC3)c2)c2ccccc21)Nc1cccc(OCCN(C)C)c1. The quantitative estimate of drug-likeness (QED) is 0.120. The maximum atomic E-state index is 13.3. The molecule has 1 aromatic heterocycles. The number of anilines is 1. The van der Waals surface area contributed by atoms with Crippen molar-refractivity contribution >= 4 is 23.4 Å². The lowest BCUT2D eigenvalue weighted by molar-refractivity contribution is 0.170. The van der Waals surface area contributed by atoms with E-state index in [1.54, 1.807) is 35.9 Å². The van der Waals surface area contributed by atoms with Gasteiger partial charge in [-0.3, -0.25) is 20.7 Å². The zero-order valence-corrected chi connectivity index (χ0v) is 28.0. The molecule has 2 aliphatic rings. The molecular weight excluding hydrogens is 606 g/mol. The van der Waals surface area contributed by atoms with Crippen LogP contribution in [-0.4, -0.2) is 72.4 Å². The number of rotatable bonds is 11. The number of carbonyl (C=O) groups is 1. The highest BCUT2D eigenvalue weighted by Gasteiger charge is 2.30. The summed E-state index contributed by atoms with van der Waals surface area (Å²) in [6, 6.07) is 18.2. The number of fused-ring (bicyclic) bond motifs is 1. The second kappa shape index (κ2) is 16.1. The van der Waals surface area contributed by atoms with E-state index in [1.165, 1.54) is 6.42 Å². The van der Waals surface area contributed by atoms with Crippen LogP contribution in [0.3, 0.4) is 0 Å². The molecule has 1 saturated heterocycles. The number of amides is 2. The van der Waals surface area contributed by atoms with E-state index in [2.05, 4.69) is 16.0 Å². The summed E-state index contributed by atoms with van der Waals surface area (Å²) in [7, 11) is 3.98. The monoisotopic (exact) mass is 653 g/mol. The lowest BCUT2D eigenvalue weighted by atomic mass is 9.85. The first-order chi connectivity index (χ1) is 23.2. The Morgan fingerprint density at radius 2 is 1.75 bits per heavy atom. The van der Waals surface area contributed by atoms with Crippen LogP contribution in [0.4, 0.5) is 10.5 Å². The van der Waals surface area contributed by atoms with E-state index >= 15 is 0 Å². The molecule has 0 radical (unpaired) electrons. The molecule has 3 aromatic rings. The molecule has 0 spiro atoms. The number of ether oxygens (including phenoxy) is 2. The van der Waals surface area contributed by atoms with Crippen LogP contribution in [0.5, 0.6) is 11.5 Å². The summed E-state index contributed by atoms with van der Waals surface area (Å²) in [6.07, 6.45) is 7.64. The number of urea groups is 1. The Bertz CT molecular complexity index is 1690. The van der Waals surface area contributed by atoms with E-state index in [9.17, 15) is 4.79 Å². The van der Waals surface area contributed by atoms with E-state index in [1.807, 2.05) is 72.4 Å². The third kappa shape index (κ3) is 9.25. The van der Waals surface area contributed by atoms with Gasteiger partial charge in [-0.05, 0) is 94.6 Å². The average Bonchev–Trinajstić information content (AvgIpc) is 3.06. The normalized spacial score (nSPS) is 17.7. The van der Waals surface area contributed by atoms with E-state index in [0.29, 0.717) is 42.7 Å². The molecule has 12 heteroatoms. The zero-order valence-electron chi connectivity index (χ0n) is 28.0. The van der Waals surface area contributed by atoms with Crippen molar-refractivity contribution in [1.82, 2.24) is 25.0 Å². The highest BCUT2D eigenvalue weighted by molar-refractivity contribution is 5.92. The zero-order chi connectivity index (χ0) is 34.0. The van der Waals surface area contributed by atoms with Crippen molar-refractivity contribution in [3.8, 4) is 11.5 Å². The summed E-state index contributed by atoms with van der Waals surface area (Å²) in [5.41, 5.74) is 3.19. The van der Waals surface area contributed by atoms with E-state index in [0.717, 1.165) is 49.3 Å². The number of likely N-dealkylation sites (N-methyl/N-ethyl adjacent to an activating group) is 1. The standard InChI is InChI=1S/C36H47N9O3/c1-25(37)22-34(40-26-10-9-11-27(23-26)47-21-20-43(2)3)42-36(46)41-31-15-16-32(30-13-6-5-12-29(30)31)48-28-14-17-33(38)45(24-28)35(39)44-18-7-4-8-19-44/h5-6,9-14,17,22-24,31-32,37-40H,4,7-8,15-16,18-21H2,1-3H3,(H2,41,42,46)/b34-22+,37-25?,38-33?,39-35?/t31-,32?/m0/s1. The Hall–Kier alpha value is -5.10. The van der Waals surface area contributed by atoms with Crippen LogP contribution in [0.15, 0.2) is 78.8 Å². The van der Waals surface area contributed by atoms with Crippen LogP contribution in [0, 0.1) is 16.2 Å². The summed E-state index contributed by atoms with van der Waals surface area (Å²) in [5.74, 6) is 1.97. The van der Waals surface area contributed by atoms with Crippen LogP contribution in [0.1, 0.15) is 62.3 Å². The highest BCUT2D eigenvalue weighted by Crippen LogP contribution is 2.38. The molecular formula is C36H47N9O3. The fourth-order valence-electron chi connectivity index (χ4n) is 5.97. The van der Waals surface area contributed by atoms with Crippen molar-refractivity contribution in [3.05, 3.63) is 95.4 Å². The van der Waals surface area contributed by atoms with Gasteiger partial charge < -0.3 is 35.3 Å². The number of nitrogens with zero attached hydrogens (tertiary/aromatic N) is 3. The minimum absolute atomic E-state index is 0.236. The third-order valence-electron chi connectivity index (χ3n) is 8.35. The molecule has 1 unspecified atom stereocenters. The second-order valence-corrected chi connectivity index (χ2v) is 12.5. The Balaban J connectivity index is 1.24. The average molecular weight is 654 g/mol. The molecule has 254 valence electrons. The molecule has 2 aromatic carbocycles. The lowest BCUT2D eigenvalue weighted by Gasteiger charge is -2.33. The van der Waals surface area contributed by atoms with Gasteiger partial charge in [0.1, 0.15) is 35.5 Å². The Morgan fingerprint density at radius 1 is 0.979 bits per heavy atom. The molecule has 12 nitrogen and oxygen atoms in total. The van der Waals surface area contributed by atoms with Gasteiger partial charge in [-0.1, -0.05) is 30.3 Å². The molecule has 48 heavy (non-hydrogen) atoms. The van der Waals surface area contributed by atoms with Crippen molar-refractivity contribution in [2.45, 2.75) is 51.2 Å². The summed E-state index contributed by atoms with van der Waals surface area (Å²) < 4.78 is 13.9. The van der Waals surface area contributed by atoms with Crippen LogP contribution >= 0.6 is 0 Å². The van der Waals surface area contributed by atoms with Gasteiger partial charge in [0.15, 0.2) is 0 Å². The number of nitrogens with one attached hydrogen (secondary N) is 6. The summed E-state index contributed by atoms with van der Waals surface area (Å²) in [5, 5.41) is 34.4. The number of piperidine rings is 1. The summed E-state index contributed by atoms with van der Waals surface area (Å²) >= 11 is 0. The molecule has 0 saturated carbocycles. The van der Waals surface area contributed by atoms with Gasteiger partial charge in [-0.25, -0.2) is 4.79 Å². The van der Waals surface area contributed by atoms with E-state index in [-0.39, 0.29) is 23.3 Å². The molecule has 1 aliphatic heterocycles. The molecule has 2 heterocycles. The highest BCUT2D eigenvalue weighted by atomic mass is 16.5. The first-order valence-electron chi connectivity index (χ1n) is 16.5. The first kappa shape index (κ1) is 34.2. The number of hydrogen-bond acceptors (Lipinski definition) is 8. The smallest absolute Gasteiger partial charge is 0.320 e. The first-order valence-corrected chi connectivity index (χ1v) is 16.5. The van der Waals surface area contributed by atoms with Crippen molar-refractivity contribution in [3.63, 3.8) is 0 Å². The lowest BCUT2D eigenvalue weighted by Crippen LogP contribution is -2.43. The maximum absolute atomic E-state index is 13.3. The number of hydrogen-bond donors (Lipinski definition) is 6. The van der Waals surface area contributed by atoms with Crippen molar-refractivity contribution < 1.29 is 14.3 Å². The fraction of sp³-hybridized carbons (Fsp3) is 0.389. The predicted octanol–water partition coefficient (Wildman–Crippen LogP) is 5.42. The Labute approximate surface area is 282 Å². The molecule has 5 rings (SSSR count). The summed E-state index contributed by atoms with van der Waals surface area (Å²) in [4.78, 5) is 17.4. The van der Waals surface area contributed by atoms with Crippen LogP contribution in [0.25, 0.3) is 0 Å². The Morgan fingerprint density at radius 3 is 2.50 bits per heavy atom. The predicted molar refractivity (Wildman–Crippen MR) is 188 cm³/mol. The van der Waals surface area contributed by atoms with Crippen molar-refractivity contribution in [2.75, 3.05) is 45.7 Å². The molecule has 1 fully saturated rings. The minimum atomic E-state index is -0.393. The molecule has 0 bridgehead atoms. The summed E-state index contributed by atoms with van der Waals surface area (Å²) in [6.45, 7) is 4.63. The van der Waals surface area contributed by atoms with Crippen molar-refractivity contribution in [1.29, 1.82) is 16.2 Å². The van der Waals surface area contributed by atoms with Crippen LogP contribution < -0.4 is 30.9 Å². The van der Waals surface area contributed by atoms with Crippen LogP contribution in [-0.2, 0) is 0 Å². The van der Waals surface area contributed by atoms with Gasteiger partial charge in [0.05, 0.1) is 12.2 Å². The van der Waals surface area contributed by atoms with Gasteiger partial charge in [0.25, 0.3) is 0 Å². The number of likely N-dealkylation sites (tertiary alicyclic amines) is 1. The fourth-order valence-corrected chi connectivity index (χ4v) is 5.97. The molecule has 2 amide bonds. The molecule has 2 atom stereocenters. The largest absolute Gasteiger partial charge is 0.492 e. The number of allylic oxidation sites excluding steroid dienone is 1. The van der Waals surface area contributed by atoms with Gasteiger partial charge in [0, 0.05) is 37.1 Å². The van der Waals surface area contributed by atoms with Gasteiger partial charge in [-0.2, -0.15) is 0 Å². The molecule has 6 N–H and O–H groups in total. The van der Waals surface area contributed by atoms with E-state index in [4.69, 9.17) is 25.7 Å². The number of pyridine rings is 1. The Kier molecular flexibility index (Phi) is 11.5. The van der Waals surface area contributed by atoms with Gasteiger partial charge >= 0.3 is 6.03 Å². The van der Waals surface area contributed by atoms with Gasteiger partial charge in [-0.15, -0.1) is 0 Å². The third-order valence-corrected chi connectivity index (χ3v) is 8.35. The maximum Gasteiger partial charge on any atom is 0.320 e. The topological polar surface area (TPSA) is 155 Å². The number of carbonyl (C=O) groups excluding carboxylic acids is 1. The molecule has 1 aliphatic carbocycles.